The number of aliphatic imine (C=N–C) groups is 1. The van der Waals surface area contributed by atoms with E-state index in [2.05, 4.69) is 49.3 Å². The highest BCUT2D eigenvalue weighted by molar-refractivity contribution is 8.14. The number of hydrogen-bond donors (Lipinski definition) is 1. The van der Waals surface area contributed by atoms with Crippen molar-refractivity contribution < 1.29 is 0 Å². The van der Waals surface area contributed by atoms with Gasteiger partial charge in [0.15, 0.2) is 5.17 Å². The van der Waals surface area contributed by atoms with Gasteiger partial charge in [-0.3, -0.25) is 4.99 Å². The Hall–Kier alpha value is -0.960. The highest BCUT2D eigenvalue weighted by Crippen LogP contribution is 2.24. The molecule has 0 aliphatic carbocycles. The van der Waals surface area contributed by atoms with Gasteiger partial charge in [0.25, 0.3) is 0 Å². The minimum absolute atomic E-state index is 0.452. The third-order valence-corrected chi connectivity index (χ3v) is 3.75. The van der Waals surface area contributed by atoms with Crippen LogP contribution in [0.4, 0.5) is 5.69 Å². The molecule has 1 aliphatic heterocycles. The summed E-state index contributed by atoms with van der Waals surface area (Å²) in [4.78, 5) is 4.63. The van der Waals surface area contributed by atoms with E-state index in [4.69, 9.17) is 0 Å². The summed E-state index contributed by atoms with van der Waals surface area (Å²) in [5, 5.41) is 4.53. The number of hydrogen-bond acceptors (Lipinski definition) is 3. The van der Waals surface area contributed by atoms with Gasteiger partial charge in [-0.15, -0.1) is 0 Å². The lowest BCUT2D eigenvalue weighted by Crippen LogP contribution is -2.18. The Labute approximate surface area is 102 Å². The summed E-state index contributed by atoms with van der Waals surface area (Å²) in [5.74, 6) is 1.16. The van der Waals surface area contributed by atoms with E-state index in [1.54, 1.807) is 0 Å². The van der Waals surface area contributed by atoms with Crippen molar-refractivity contribution in [1.82, 2.24) is 0 Å². The molecule has 0 saturated carbocycles. The van der Waals surface area contributed by atoms with E-state index in [1.807, 2.05) is 11.8 Å². The average Bonchev–Trinajstić information content (AvgIpc) is 2.24. The standard InChI is InChI=1S/C13H18N2S/c1-9-5-4-6-10(2)12(9)15-13-14-11(3)7-8-16-13/h4-6,11H,7-8H2,1-3H3,(H,14,15). The predicted octanol–water partition coefficient (Wildman–Crippen LogP) is 3.60. The van der Waals surface area contributed by atoms with Crippen LogP contribution in [-0.4, -0.2) is 17.0 Å². The summed E-state index contributed by atoms with van der Waals surface area (Å²) in [7, 11) is 0. The Bertz CT molecular complexity index is 392. The van der Waals surface area contributed by atoms with Gasteiger partial charge in [-0.25, -0.2) is 0 Å². The second-order valence-corrected chi connectivity index (χ2v) is 5.40. The highest BCUT2D eigenvalue weighted by Gasteiger charge is 2.13. The molecule has 0 bridgehead atoms. The molecule has 2 rings (SSSR count). The number of benzene rings is 1. The molecule has 1 heterocycles. The molecule has 1 N–H and O–H groups in total. The van der Waals surface area contributed by atoms with Crippen LogP contribution in [0, 0.1) is 13.8 Å². The fourth-order valence-corrected chi connectivity index (χ4v) is 2.90. The third kappa shape index (κ3) is 2.59. The molecular weight excluding hydrogens is 216 g/mol. The molecule has 2 nitrogen and oxygen atoms in total. The summed E-state index contributed by atoms with van der Waals surface area (Å²) >= 11 is 1.82. The molecule has 0 fully saturated rings. The van der Waals surface area contributed by atoms with Crippen molar-refractivity contribution in [3.63, 3.8) is 0 Å². The monoisotopic (exact) mass is 234 g/mol. The zero-order valence-electron chi connectivity index (χ0n) is 10.1. The molecule has 86 valence electrons. The summed E-state index contributed by atoms with van der Waals surface area (Å²) in [5.41, 5.74) is 3.77. The lowest BCUT2D eigenvalue weighted by Gasteiger charge is -2.19. The van der Waals surface area contributed by atoms with Crippen molar-refractivity contribution in [2.75, 3.05) is 11.1 Å². The smallest absolute Gasteiger partial charge is 0.161 e. The normalized spacial score (nSPS) is 20.4. The first-order valence-corrected chi connectivity index (χ1v) is 6.69. The molecule has 0 saturated heterocycles. The van der Waals surface area contributed by atoms with Gasteiger partial charge in [0.05, 0.1) is 6.04 Å². The van der Waals surface area contributed by atoms with Crippen molar-refractivity contribution in [3.8, 4) is 0 Å². The number of thioether (sulfide) groups is 1. The number of nitrogens with zero attached hydrogens (tertiary/aromatic N) is 1. The van der Waals surface area contributed by atoms with Gasteiger partial charge in [-0.05, 0) is 38.3 Å². The van der Waals surface area contributed by atoms with Crippen LogP contribution in [0.5, 0.6) is 0 Å². The van der Waals surface area contributed by atoms with E-state index in [-0.39, 0.29) is 0 Å². The van der Waals surface area contributed by atoms with Crippen molar-refractivity contribution in [1.29, 1.82) is 0 Å². The zero-order valence-corrected chi connectivity index (χ0v) is 10.9. The predicted molar refractivity (Wildman–Crippen MR) is 73.5 cm³/mol. The van der Waals surface area contributed by atoms with Crippen LogP contribution in [0.25, 0.3) is 0 Å². The largest absolute Gasteiger partial charge is 0.335 e. The fourth-order valence-electron chi connectivity index (χ4n) is 1.82. The highest BCUT2D eigenvalue weighted by atomic mass is 32.2. The summed E-state index contributed by atoms with van der Waals surface area (Å²) in [6.07, 6.45) is 1.18. The van der Waals surface area contributed by atoms with Gasteiger partial charge in [0, 0.05) is 11.4 Å². The molecular formula is C13H18N2S. The molecule has 1 atom stereocenters. The Morgan fingerprint density at radius 2 is 2.00 bits per heavy atom. The second-order valence-electron chi connectivity index (χ2n) is 4.31. The van der Waals surface area contributed by atoms with E-state index in [0.29, 0.717) is 6.04 Å². The van der Waals surface area contributed by atoms with Crippen molar-refractivity contribution in [2.24, 2.45) is 4.99 Å². The number of aryl methyl sites for hydroxylation is 2. The van der Waals surface area contributed by atoms with Crippen LogP contribution in [0.3, 0.4) is 0 Å². The molecule has 1 unspecified atom stereocenters. The van der Waals surface area contributed by atoms with Gasteiger partial charge in [0.1, 0.15) is 0 Å². The number of anilines is 1. The lowest BCUT2D eigenvalue weighted by molar-refractivity contribution is 0.720. The first-order valence-electron chi connectivity index (χ1n) is 5.70. The Kier molecular flexibility index (Phi) is 3.54. The first-order chi connectivity index (χ1) is 7.66. The van der Waals surface area contributed by atoms with Gasteiger partial charge in [-0.1, -0.05) is 30.0 Å². The van der Waals surface area contributed by atoms with E-state index in [1.165, 1.54) is 23.2 Å². The van der Waals surface area contributed by atoms with Crippen LogP contribution >= 0.6 is 11.8 Å². The van der Waals surface area contributed by atoms with E-state index in [0.717, 1.165) is 10.9 Å². The lowest BCUT2D eigenvalue weighted by atomic mass is 10.1. The quantitative estimate of drug-likeness (QED) is 0.803. The maximum absolute atomic E-state index is 4.63. The Morgan fingerprint density at radius 1 is 1.31 bits per heavy atom. The number of rotatable bonds is 1. The summed E-state index contributed by atoms with van der Waals surface area (Å²) < 4.78 is 0. The molecule has 16 heavy (non-hydrogen) atoms. The summed E-state index contributed by atoms with van der Waals surface area (Å²) in [6, 6.07) is 6.81. The first kappa shape index (κ1) is 11.5. The molecule has 0 amide bonds. The van der Waals surface area contributed by atoms with Gasteiger partial charge < -0.3 is 5.32 Å². The third-order valence-electron chi connectivity index (χ3n) is 2.83. The molecule has 0 spiro atoms. The maximum Gasteiger partial charge on any atom is 0.161 e. The SMILES string of the molecule is Cc1cccc(C)c1NC1=NC(C)CCS1. The van der Waals surface area contributed by atoms with E-state index < -0.39 is 0 Å². The number of amidine groups is 1. The number of nitrogens with one attached hydrogen (secondary N) is 1. The maximum atomic E-state index is 4.63. The molecule has 1 aliphatic rings. The topological polar surface area (TPSA) is 24.4 Å². The minimum atomic E-state index is 0.452. The van der Waals surface area contributed by atoms with Crippen LogP contribution in [-0.2, 0) is 0 Å². The van der Waals surface area contributed by atoms with Crippen LogP contribution in [0.15, 0.2) is 23.2 Å². The molecule has 0 radical (unpaired) electrons. The number of para-hydroxylation sites is 1. The Balaban J connectivity index is 2.20. The second kappa shape index (κ2) is 4.91. The van der Waals surface area contributed by atoms with Gasteiger partial charge in [0.2, 0.25) is 0 Å². The van der Waals surface area contributed by atoms with Gasteiger partial charge >= 0.3 is 0 Å². The van der Waals surface area contributed by atoms with Crippen LogP contribution < -0.4 is 5.32 Å². The van der Waals surface area contributed by atoms with E-state index in [9.17, 15) is 0 Å². The summed E-state index contributed by atoms with van der Waals surface area (Å²) in [6.45, 7) is 6.44. The Morgan fingerprint density at radius 3 is 2.62 bits per heavy atom. The average molecular weight is 234 g/mol. The fraction of sp³-hybridized carbons (Fsp3) is 0.462. The van der Waals surface area contributed by atoms with Crippen LogP contribution in [0.1, 0.15) is 24.5 Å². The van der Waals surface area contributed by atoms with Gasteiger partial charge in [-0.2, -0.15) is 0 Å². The van der Waals surface area contributed by atoms with Crippen LogP contribution in [0.2, 0.25) is 0 Å². The van der Waals surface area contributed by atoms with E-state index >= 15 is 0 Å². The van der Waals surface area contributed by atoms with Crippen molar-refractivity contribution >= 4 is 22.6 Å². The molecule has 1 aromatic carbocycles. The van der Waals surface area contributed by atoms with Crippen molar-refractivity contribution in [3.05, 3.63) is 29.3 Å². The minimum Gasteiger partial charge on any atom is -0.335 e. The molecule has 0 aromatic heterocycles. The molecule has 3 heteroatoms. The molecule has 1 aromatic rings. The zero-order chi connectivity index (χ0) is 11.5. The van der Waals surface area contributed by atoms with Crippen molar-refractivity contribution in [2.45, 2.75) is 33.2 Å².